The lowest BCUT2D eigenvalue weighted by Gasteiger charge is -2.30. The number of rotatable bonds is 3. The molecule has 2 aromatic carbocycles. The fourth-order valence-electron chi connectivity index (χ4n) is 4.00. The van der Waals surface area contributed by atoms with Gasteiger partial charge in [-0.3, -0.25) is 4.90 Å². The van der Waals surface area contributed by atoms with Crippen LogP contribution in [0.1, 0.15) is 18.4 Å². The number of piperidine rings is 1. The van der Waals surface area contributed by atoms with E-state index < -0.39 is 0 Å². The Kier molecular flexibility index (Phi) is 4.59. The first-order valence-corrected chi connectivity index (χ1v) is 9.93. The van der Waals surface area contributed by atoms with E-state index in [4.69, 9.17) is 26.1 Å². The highest BCUT2D eigenvalue weighted by Gasteiger charge is 2.21. The Hall–Kier alpha value is -2.34. The van der Waals surface area contributed by atoms with Gasteiger partial charge in [-0.05, 0) is 49.2 Å². The van der Waals surface area contributed by atoms with Gasteiger partial charge in [0.2, 0.25) is 6.79 Å². The number of aromatic nitrogens is 1. The number of aliphatic hydroxyl groups is 1. The van der Waals surface area contributed by atoms with Gasteiger partial charge in [0.05, 0.1) is 17.3 Å². The molecule has 2 aliphatic heterocycles. The average molecular weight is 397 g/mol. The Morgan fingerprint density at radius 3 is 2.68 bits per heavy atom. The molecule has 0 saturated carbocycles. The van der Waals surface area contributed by atoms with Gasteiger partial charge < -0.3 is 14.6 Å². The van der Waals surface area contributed by atoms with Crippen molar-refractivity contribution >= 4 is 22.5 Å². The summed E-state index contributed by atoms with van der Waals surface area (Å²) in [7, 11) is 0. The van der Waals surface area contributed by atoms with E-state index in [0.29, 0.717) is 11.6 Å². The van der Waals surface area contributed by atoms with Crippen LogP contribution in [0.5, 0.6) is 11.5 Å². The molecule has 1 unspecified atom stereocenters. The number of aliphatic hydroxyl groups excluding tert-OH is 1. The third kappa shape index (κ3) is 3.41. The predicted octanol–water partition coefficient (Wildman–Crippen LogP) is 4.24. The summed E-state index contributed by atoms with van der Waals surface area (Å²) < 4.78 is 11.0. The molecule has 0 aliphatic carbocycles. The molecule has 1 aromatic heterocycles. The van der Waals surface area contributed by atoms with E-state index in [-0.39, 0.29) is 12.9 Å². The van der Waals surface area contributed by atoms with E-state index in [1.165, 1.54) is 0 Å². The molecular formula is C22H21ClN2O3. The molecule has 0 radical (unpaired) electrons. The van der Waals surface area contributed by atoms with E-state index in [1.807, 2.05) is 36.4 Å². The van der Waals surface area contributed by atoms with Gasteiger partial charge in [-0.1, -0.05) is 23.7 Å². The van der Waals surface area contributed by atoms with Crippen LogP contribution in [-0.2, 0) is 6.54 Å². The van der Waals surface area contributed by atoms with Gasteiger partial charge in [0, 0.05) is 35.1 Å². The maximum Gasteiger partial charge on any atom is 0.231 e. The van der Waals surface area contributed by atoms with Crippen molar-refractivity contribution in [3.63, 3.8) is 0 Å². The Morgan fingerprint density at radius 2 is 1.89 bits per heavy atom. The van der Waals surface area contributed by atoms with Crippen molar-refractivity contribution in [1.82, 2.24) is 9.88 Å². The highest BCUT2D eigenvalue weighted by Crippen LogP contribution is 2.37. The molecule has 1 saturated heterocycles. The van der Waals surface area contributed by atoms with Crippen LogP contribution in [0, 0.1) is 0 Å². The van der Waals surface area contributed by atoms with E-state index in [0.717, 1.165) is 65.2 Å². The second-order valence-electron chi connectivity index (χ2n) is 7.43. The van der Waals surface area contributed by atoms with Crippen LogP contribution < -0.4 is 9.47 Å². The van der Waals surface area contributed by atoms with Crippen LogP contribution in [0.4, 0.5) is 0 Å². The predicted molar refractivity (Wildman–Crippen MR) is 109 cm³/mol. The number of hydrogen-bond acceptors (Lipinski definition) is 5. The van der Waals surface area contributed by atoms with Crippen molar-refractivity contribution in [3.8, 4) is 22.8 Å². The lowest BCUT2D eigenvalue weighted by atomic mass is 10.0. The zero-order chi connectivity index (χ0) is 19.1. The molecule has 3 aromatic rings. The van der Waals surface area contributed by atoms with Crippen LogP contribution in [-0.4, -0.2) is 41.0 Å². The molecule has 6 heteroatoms. The van der Waals surface area contributed by atoms with Crippen molar-refractivity contribution in [2.24, 2.45) is 0 Å². The summed E-state index contributed by atoms with van der Waals surface area (Å²) in [5.74, 6) is 1.49. The minimum absolute atomic E-state index is 0.244. The number of hydrogen-bond donors (Lipinski definition) is 1. The molecule has 144 valence electrons. The van der Waals surface area contributed by atoms with E-state index >= 15 is 0 Å². The lowest BCUT2D eigenvalue weighted by Crippen LogP contribution is -2.37. The summed E-state index contributed by atoms with van der Waals surface area (Å²) in [5, 5.41) is 11.8. The molecule has 0 amide bonds. The minimum Gasteiger partial charge on any atom is -0.454 e. The monoisotopic (exact) mass is 396 g/mol. The largest absolute Gasteiger partial charge is 0.454 e. The molecule has 3 heterocycles. The number of fused-ring (bicyclic) bond motifs is 2. The number of ether oxygens (including phenoxy) is 2. The van der Waals surface area contributed by atoms with Crippen LogP contribution >= 0.6 is 11.6 Å². The van der Waals surface area contributed by atoms with E-state index in [2.05, 4.69) is 11.0 Å². The average Bonchev–Trinajstić information content (AvgIpc) is 3.14. The van der Waals surface area contributed by atoms with Crippen LogP contribution in [0.15, 0.2) is 42.5 Å². The molecule has 0 bridgehead atoms. The first-order chi connectivity index (χ1) is 13.7. The van der Waals surface area contributed by atoms with Gasteiger partial charge in [0.15, 0.2) is 11.5 Å². The molecule has 5 rings (SSSR count). The third-order valence-corrected chi connectivity index (χ3v) is 5.63. The Balaban J connectivity index is 1.61. The summed E-state index contributed by atoms with van der Waals surface area (Å²) in [6.45, 7) is 2.66. The summed E-state index contributed by atoms with van der Waals surface area (Å²) in [6, 6.07) is 13.9. The van der Waals surface area contributed by atoms with Crippen LogP contribution in [0.2, 0.25) is 5.02 Å². The fraction of sp³-hybridized carbons (Fsp3) is 0.318. The lowest BCUT2D eigenvalue weighted by molar-refractivity contribution is 0.0669. The van der Waals surface area contributed by atoms with Crippen molar-refractivity contribution in [2.45, 2.75) is 25.5 Å². The topological polar surface area (TPSA) is 54.8 Å². The van der Waals surface area contributed by atoms with E-state index in [9.17, 15) is 5.11 Å². The molecule has 5 nitrogen and oxygen atoms in total. The maximum absolute atomic E-state index is 10.0. The molecule has 0 spiro atoms. The Morgan fingerprint density at radius 1 is 1.11 bits per heavy atom. The second kappa shape index (κ2) is 7.24. The Bertz CT molecular complexity index is 1020. The fourth-order valence-corrected chi connectivity index (χ4v) is 4.13. The van der Waals surface area contributed by atoms with Crippen molar-refractivity contribution < 1.29 is 14.6 Å². The summed E-state index contributed by atoms with van der Waals surface area (Å²) in [6.07, 6.45) is 1.63. The number of pyridine rings is 1. The molecule has 2 aliphatic rings. The highest BCUT2D eigenvalue weighted by molar-refractivity contribution is 6.30. The number of nitrogens with zero attached hydrogens (tertiary/aromatic N) is 2. The molecule has 1 fully saturated rings. The normalized spacial score (nSPS) is 19.3. The van der Waals surface area contributed by atoms with Crippen molar-refractivity contribution in [3.05, 3.63) is 53.1 Å². The third-order valence-electron chi connectivity index (χ3n) is 5.38. The minimum atomic E-state index is -0.255. The molecular weight excluding hydrogens is 376 g/mol. The summed E-state index contributed by atoms with van der Waals surface area (Å²) in [4.78, 5) is 7.26. The first-order valence-electron chi connectivity index (χ1n) is 9.55. The zero-order valence-corrected chi connectivity index (χ0v) is 16.2. The van der Waals surface area contributed by atoms with Gasteiger partial charge in [-0.2, -0.15) is 0 Å². The van der Waals surface area contributed by atoms with Gasteiger partial charge in [0.25, 0.3) is 0 Å². The number of β-amino-alcohol motifs (C(OH)–C–C–N with tert-alkyl or cyclic N) is 1. The SMILES string of the molecule is OC1CCCN(Cc2cc3cc4c(cc3nc2-c2ccc(Cl)cc2)OCO4)C1. The second-order valence-corrected chi connectivity index (χ2v) is 7.87. The van der Waals surface area contributed by atoms with Gasteiger partial charge in [0.1, 0.15) is 0 Å². The van der Waals surface area contributed by atoms with Gasteiger partial charge in [-0.15, -0.1) is 0 Å². The molecule has 28 heavy (non-hydrogen) atoms. The first kappa shape index (κ1) is 17.7. The number of halogens is 1. The van der Waals surface area contributed by atoms with Crippen LogP contribution in [0.3, 0.4) is 0 Å². The zero-order valence-electron chi connectivity index (χ0n) is 15.4. The Labute approximate surface area is 168 Å². The number of benzene rings is 2. The van der Waals surface area contributed by atoms with Crippen molar-refractivity contribution in [2.75, 3.05) is 19.9 Å². The molecule has 1 atom stereocenters. The summed E-state index contributed by atoms with van der Waals surface area (Å²) >= 11 is 6.08. The van der Waals surface area contributed by atoms with Gasteiger partial charge >= 0.3 is 0 Å². The van der Waals surface area contributed by atoms with Crippen molar-refractivity contribution in [1.29, 1.82) is 0 Å². The van der Waals surface area contributed by atoms with Gasteiger partial charge in [-0.25, -0.2) is 4.98 Å². The van der Waals surface area contributed by atoms with Crippen LogP contribution in [0.25, 0.3) is 22.2 Å². The van der Waals surface area contributed by atoms with E-state index in [1.54, 1.807) is 0 Å². The summed E-state index contributed by atoms with van der Waals surface area (Å²) in [5.41, 5.74) is 3.96. The standard InChI is InChI=1S/C22H21ClN2O3/c23-17-5-3-14(4-6-17)22-16(11-25-7-1-2-18(26)12-25)8-15-9-20-21(28-13-27-20)10-19(15)24-22/h3-6,8-10,18,26H,1-2,7,11-13H2. The maximum atomic E-state index is 10.0. The quantitative estimate of drug-likeness (QED) is 0.717. The number of likely N-dealkylation sites (tertiary alicyclic amines) is 1. The smallest absolute Gasteiger partial charge is 0.231 e. The molecule has 1 N–H and O–H groups in total. The highest BCUT2D eigenvalue weighted by atomic mass is 35.5.